The van der Waals surface area contributed by atoms with E-state index >= 15 is 0 Å². The molecule has 23 heavy (non-hydrogen) atoms. The van der Waals surface area contributed by atoms with E-state index in [1.807, 2.05) is 24.3 Å². The highest BCUT2D eigenvalue weighted by Gasteiger charge is 2.23. The fourth-order valence-electron chi connectivity index (χ4n) is 3.53. The standard InChI is InChI=1S/C19H19ClN2O/c1-23-15-11-9-13(10-12-15)18-16-7-4-8-17(20)19(16)22(21-18)14-5-2-3-6-14/h4,7-12,14H,2-3,5-6H2,1H3. The molecule has 3 aromatic rings. The summed E-state index contributed by atoms with van der Waals surface area (Å²) in [6.45, 7) is 0. The molecule has 0 radical (unpaired) electrons. The number of para-hydroxylation sites is 1. The van der Waals surface area contributed by atoms with Gasteiger partial charge in [-0.1, -0.05) is 36.6 Å². The lowest BCUT2D eigenvalue weighted by atomic mass is 10.1. The van der Waals surface area contributed by atoms with Gasteiger partial charge in [0.25, 0.3) is 0 Å². The molecule has 4 heteroatoms. The molecule has 0 unspecified atom stereocenters. The van der Waals surface area contributed by atoms with E-state index in [4.69, 9.17) is 21.4 Å². The summed E-state index contributed by atoms with van der Waals surface area (Å²) >= 11 is 6.51. The number of hydrogen-bond acceptors (Lipinski definition) is 2. The van der Waals surface area contributed by atoms with Crippen molar-refractivity contribution < 1.29 is 4.74 Å². The van der Waals surface area contributed by atoms with Crippen LogP contribution in [0.2, 0.25) is 5.02 Å². The second-order valence-electron chi connectivity index (χ2n) is 6.10. The van der Waals surface area contributed by atoms with Gasteiger partial charge in [-0.15, -0.1) is 0 Å². The first-order valence-electron chi connectivity index (χ1n) is 8.09. The van der Waals surface area contributed by atoms with Crippen molar-refractivity contribution in [2.45, 2.75) is 31.7 Å². The molecule has 0 N–H and O–H groups in total. The van der Waals surface area contributed by atoms with Gasteiger partial charge in [0.15, 0.2) is 0 Å². The van der Waals surface area contributed by atoms with Crippen molar-refractivity contribution in [3.63, 3.8) is 0 Å². The van der Waals surface area contributed by atoms with Crippen LogP contribution in [0.4, 0.5) is 0 Å². The highest BCUT2D eigenvalue weighted by molar-refractivity contribution is 6.35. The van der Waals surface area contributed by atoms with Crippen molar-refractivity contribution >= 4 is 22.5 Å². The van der Waals surface area contributed by atoms with E-state index in [0.717, 1.165) is 32.9 Å². The highest BCUT2D eigenvalue weighted by Crippen LogP contribution is 2.38. The Bertz CT molecular complexity index is 832. The van der Waals surface area contributed by atoms with Crippen molar-refractivity contribution in [3.05, 3.63) is 47.5 Å². The van der Waals surface area contributed by atoms with E-state index in [0.29, 0.717) is 6.04 Å². The Morgan fingerprint density at radius 3 is 2.52 bits per heavy atom. The van der Waals surface area contributed by atoms with E-state index < -0.39 is 0 Å². The Hall–Kier alpha value is -2.00. The van der Waals surface area contributed by atoms with Gasteiger partial charge in [0.1, 0.15) is 11.4 Å². The molecule has 0 spiro atoms. The monoisotopic (exact) mass is 326 g/mol. The fraction of sp³-hybridized carbons (Fsp3) is 0.316. The maximum Gasteiger partial charge on any atom is 0.118 e. The average molecular weight is 327 g/mol. The normalized spacial score (nSPS) is 15.4. The Balaban J connectivity index is 1.90. The minimum atomic E-state index is 0.462. The van der Waals surface area contributed by atoms with Crippen LogP contribution in [-0.2, 0) is 0 Å². The van der Waals surface area contributed by atoms with E-state index in [1.54, 1.807) is 7.11 Å². The summed E-state index contributed by atoms with van der Waals surface area (Å²) < 4.78 is 7.41. The summed E-state index contributed by atoms with van der Waals surface area (Å²) in [5, 5.41) is 6.85. The van der Waals surface area contributed by atoms with Crippen LogP contribution in [0.3, 0.4) is 0 Å². The van der Waals surface area contributed by atoms with Crippen molar-refractivity contribution in [1.82, 2.24) is 9.78 Å². The maximum atomic E-state index is 6.51. The number of fused-ring (bicyclic) bond motifs is 1. The van der Waals surface area contributed by atoms with Gasteiger partial charge in [0.05, 0.1) is 23.7 Å². The fourth-order valence-corrected chi connectivity index (χ4v) is 3.79. The van der Waals surface area contributed by atoms with Gasteiger partial charge >= 0.3 is 0 Å². The van der Waals surface area contributed by atoms with Gasteiger partial charge in [-0.25, -0.2) is 0 Å². The van der Waals surface area contributed by atoms with Crippen LogP contribution in [0.25, 0.3) is 22.2 Å². The maximum absolute atomic E-state index is 6.51. The Morgan fingerprint density at radius 1 is 1.09 bits per heavy atom. The van der Waals surface area contributed by atoms with Crippen LogP contribution in [0, 0.1) is 0 Å². The molecule has 2 aromatic carbocycles. The minimum absolute atomic E-state index is 0.462. The zero-order valence-electron chi connectivity index (χ0n) is 13.1. The first-order valence-corrected chi connectivity index (χ1v) is 8.47. The molecule has 1 heterocycles. The first-order chi connectivity index (χ1) is 11.3. The van der Waals surface area contributed by atoms with Crippen LogP contribution in [0.5, 0.6) is 5.75 Å². The lowest BCUT2D eigenvalue weighted by molar-refractivity contribution is 0.415. The molecule has 3 nitrogen and oxygen atoms in total. The van der Waals surface area contributed by atoms with E-state index in [2.05, 4.69) is 22.9 Å². The average Bonchev–Trinajstić information content (AvgIpc) is 3.23. The molecule has 0 bridgehead atoms. The van der Waals surface area contributed by atoms with Crippen LogP contribution in [0.15, 0.2) is 42.5 Å². The van der Waals surface area contributed by atoms with Gasteiger partial charge in [-0.2, -0.15) is 5.10 Å². The summed E-state index contributed by atoms with van der Waals surface area (Å²) in [7, 11) is 1.68. The molecule has 1 aromatic heterocycles. The molecule has 0 atom stereocenters. The van der Waals surface area contributed by atoms with Gasteiger partial charge < -0.3 is 4.74 Å². The van der Waals surface area contributed by atoms with Gasteiger partial charge in [0, 0.05) is 10.9 Å². The van der Waals surface area contributed by atoms with E-state index in [-0.39, 0.29) is 0 Å². The van der Waals surface area contributed by atoms with Gasteiger partial charge in [-0.05, 0) is 43.2 Å². The molecule has 1 aliphatic carbocycles. The van der Waals surface area contributed by atoms with Crippen LogP contribution in [0.1, 0.15) is 31.7 Å². The third kappa shape index (κ3) is 2.49. The summed E-state index contributed by atoms with van der Waals surface area (Å²) in [6.07, 6.45) is 4.91. The predicted molar refractivity (Wildman–Crippen MR) is 94.2 cm³/mol. The summed E-state index contributed by atoms with van der Waals surface area (Å²) in [4.78, 5) is 0. The Kier molecular flexibility index (Phi) is 3.74. The SMILES string of the molecule is COc1ccc(-c2nn(C3CCCC3)c3c(Cl)cccc23)cc1. The highest BCUT2D eigenvalue weighted by atomic mass is 35.5. The van der Waals surface area contributed by atoms with E-state index in [1.165, 1.54) is 25.7 Å². The number of halogens is 1. The largest absolute Gasteiger partial charge is 0.497 e. The smallest absolute Gasteiger partial charge is 0.118 e. The minimum Gasteiger partial charge on any atom is -0.497 e. The summed E-state index contributed by atoms with van der Waals surface area (Å²) in [6, 6.07) is 14.6. The van der Waals surface area contributed by atoms with Crippen molar-refractivity contribution in [3.8, 4) is 17.0 Å². The van der Waals surface area contributed by atoms with Crippen molar-refractivity contribution in [1.29, 1.82) is 0 Å². The Morgan fingerprint density at radius 2 is 1.83 bits per heavy atom. The lowest BCUT2D eigenvalue weighted by Gasteiger charge is -2.11. The molecular formula is C19H19ClN2O. The molecule has 0 amide bonds. The number of nitrogens with zero attached hydrogens (tertiary/aromatic N) is 2. The number of hydrogen-bond donors (Lipinski definition) is 0. The third-order valence-electron chi connectivity index (χ3n) is 4.71. The zero-order valence-corrected chi connectivity index (χ0v) is 13.9. The van der Waals surface area contributed by atoms with Gasteiger partial charge in [-0.3, -0.25) is 4.68 Å². The second kappa shape index (κ2) is 5.89. The molecule has 118 valence electrons. The first kappa shape index (κ1) is 14.6. The topological polar surface area (TPSA) is 27.1 Å². The number of rotatable bonds is 3. The quantitative estimate of drug-likeness (QED) is 0.637. The predicted octanol–water partition coefficient (Wildman–Crippen LogP) is 5.48. The van der Waals surface area contributed by atoms with Crippen LogP contribution in [-0.4, -0.2) is 16.9 Å². The van der Waals surface area contributed by atoms with Crippen molar-refractivity contribution in [2.24, 2.45) is 0 Å². The molecule has 0 saturated heterocycles. The molecule has 1 fully saturated rings. The second-order valence-corrected chi connectivity index (χ2v) is 6.50. The number of methoxy groups -OCH3 is 1. The molecule has 4 rings (SSSR count). The van der Waals surface area contributed by atoms with Gasteiger partial charge in [0.2, 0.25) is 0 Å². The molecule has 1 aliphatic rings. The van der Waals surface area contributed by atoms with Crippen LogP contribution >= 0.6 is 11.6 Å². The van der Waals surface area contributed by atoms with Crippen molar-refractivity contribution in [2.75, 3.05) is 7.11 Å². The van der Waals surface area contributed by atoms with Crippen LogP contribution < -0.4 is 4.74 Å². The number of aromatic nitrogens is 2. The summed E-state index contributed by atoms with van der Waals surface area (Å²) in [5.74, 6) is 0.853. The number of benzene rings is 2. The molecule has 0 aliphatic heterocycles. The number of ether oxygens (including phenoxy) is 1. The van der Waals surface area contributed by atoms with E-state index in [9.17, 15) is 0 Å². The lowest BCUT2D eigenvalue weighted by Crippen LogP contribution is -2.06. The summed E-state index contributed by atoms with van der Waals surface area (Å²) in [5.41, 5.74) is 3.15. The molecule has 1 saturated carbocycles. The third-order valence-corrected chi connectivity index (χ3v) is 5.02. The Labute approximate surface area is 140 Å². The molecular weight excluding hydrogens is 308 g/mol. The zero-order chi connectivity index (χ0) is 15.8.